The van der Waals surface area contributed by atoms with Gasteiger partial charge in [-0.2, -0.15) is 0 Å². The molecule has 0 aromatic carbocycles. The third-order valence-corrected chi connectivity index (χ3v) is 7.95. The molecule has 3 unspecified atom stereocenters. The van der Waals surface area contributed by atoms with E-state index in [9.17, 15) is 14.2 Å². The van der Waals surface area contributed by atoms with Gasteiger partial charge in [0.15, 0.2) is 8.15 Å². The molecule has 0 radical (unpaired) electrons. The Morgan fingerprint density at radius 1 is 1.57 bits per heavy atom. The van der Waals surface area contributed by atoms with Crippen molar-refractivity contribution >= 4 is 24.4 Å². The normalized spacial score (nSPS) is 26.7. The van der Waals surface area contributed by atoms with E-state index in [0.717, 1.165) is 6.16 Å². The average Bonchev–Trinajstić information content (AvgIpc) is 2.80. The number of hydrogen-bond donors (Lipinski definition) is 2. The summed E-state index contributed by atoms with van der Waals surface area (Å²) >= 11 is 0. The minimum absolute atomic E-state index is 0.0268. The summed E-state index contributed by atoms with van der Waals surface area (Å²) in [6.45, 7) is 1.63. The summed E-state index contributed by atoms with van der Waals surface area (Å²) in [5, 5.41) is 9.12. The molecule has 2 heterocycles. The van der Waals surface area contributed by atoms with Gasteiger partial charge in [-0.05, 0) is 26.5 Å². The molecule has 2 N–H and O–H groups in total. The lowest BCUT2D eigenvalue weighted by Gasteiger charge is -2.16. The van der Waals surface area contributed by atoms with Gasteiger partial charge in [0.1, 0.15) is 6.23 Å². The van der Waals surface area contributed by atoms with Crippen LogP contribution in [0.4, 0.5) is 0 Å². The summed E-state index contributed by atoms with van der Waals surface area (Å²) in [5.41, 5.74) is -0.959. The Morgan fingerprint density at radius 2 is 2.33 bits per heavy atom. The highest BCUT2D eigenvalue weighted by molar-refractivity contribution is 8.40. The highest BCUT2D eigenvalue weighted by Crippen LogP contribution is 2.49. The molecule has 0 saturated carbocycles. The smallest absolute Gasteiger partial charge is 0.330 e. The number of aromatic nitrogens is 2. The third kappa shape index (κ3) is 4.06. The predicted molar refractivity (Wildman–Crippen MR) is 84.0 cm³/mol. The molecule has 1 aliphatic rings. The Hall–Kier alpha value is -0.440. The van der Waals surface area contributed by atoms with Crippen molar-refractivity contribution in [3.63, 3.8) is 0 Å². The van der Waals surface area contributed by atoms with E-state index in [-0.39, 0.29) is 25.7 Å². The van der Waals surface area contributed by atoms with Crippen molar-refractivity contribution in [2.45, 2.75) is 32.3 Å². The van der Waals surface area contributed by atoms with Crippen molar-refractivity contribution in [1.29, 1.82) is 0 Å². The number of nitrogens with one attached hydrogen (secondary N) is 1. The number of aliphatic hydroxyl groups is 1. The Labute approximate surface area is 126 Å². The number of nitrogens with zero attached hydrogens (tertiary/aromatic N) is 1. The highest BCUT2D eigenvalue weighted by atomic mass is 32.4. The van der Waals surface area contributed by atoms with Crippen LogP contribution in [0.15, 0.2) is 15.8 Å². The molecule has 7 nitrogen and oxygen atoms in total. The lowest BCUT2D eigenvalue weighted by Crippen LogP contribution is -2.34. The van der Waals surface area contributed by atoms with E-state index >= 15 is 0 Å². The molecular formula is C11H17N2O5P3. The molecule has 1 aromatic heterocycles. The highest BCUT2D eigenvalue weighted by Gasteiger charge is 2.33. The molecule has 116 valence electrons. The zero-order valence-corrected chi connectivity index (χ0v) is 14.3. The van der Waals surface area contributed by atoms with Gasteiger partial charge in [-0.25, -0.2) is 4.79 Å². The molecule has 1 aliphatic heterocycles. The van der Waals surface area contributed by atoms with Gasteiger partial charge in [-0.15, -0.1) is 0 Å². The number of hydrogen-bond acceptors (Lipinski definition) is 5. The Bertz CT molecular complexity index is 617. The molecule has 1 fully saturated rings. The molecule has 0 bridgehead atoms. The molecule has 0 amide bonds. The quantitative estimate of drug-likeness (QED) is 0.597. The van der Waals surface area contributed by atoms with Crippen LogP contribution < -0.4 is 11.2 Å². The number of aromatic amines is 1. The molecule has 10 heteroatoms. The van der Waals surface area contributed by atoms with Crippen LogP contribution in [0.1, 0.15) is 25.1 Å². The van der Waals surface area contributed by atoms with E-state index in [2.05, 4.69) is 11.9 Å². The van der Waals surface area contributed by atoms with E-state index in [1.807, 2.05) is 0 Å². The summed E-state index contributed by atoms with van der Waals surface area (Å²) in [6.07, 6.45) is 2.46. The van der Waals surface area contributed by atoms with Gasteiger partial charge in [-0.1, -0.05) is 15.2 Å². The Balaban J connectivity index is 2.15. The zero-order valence-electron chi connectivity index (χ0n) is 11.4. The monoisotopic (exact) mass is 350 g/mol. The maximum atomic E-state index is 11.9. The number of ether oxygens (including phenoxy) is 1. The molecule has 1 saturated heterocycles. The molecule has 5 atom stereocenters. The van der Waals surface area contributed by atoms with Crippen LogP contribution in [0.25, 0.3) is 0 Å². The van der Waals surface area contributed by atoms with E-state index < -0.39 is 24.1 Å². The van der Waals surface area contributed by atoms with E-state index in [4.69, 9.17) is 9.84 Å². The predicted octanol–water partition coefficient (Wildman–Crippen LogP) is 1.43. The zero-order chi connectivity index (χ0) is 15.4. The van der Waals surface area contributed by atoms with Gasteiger partial charge in [-0.3, -0.25) is 18.9 Å². The average molecular weight is 350 g/mol. The van der Waals surface area contributed by atoms with Crippen LogP contribution in [0.3, 0.4) is 0 Å². The van der Waals surface area contributed by atoms with Crippen molar-refractivity contribution < 1.29 is 14.4 Å². The first kappa shape index (κ1) is 16.9. The Morgan fingerprint density at radius 3 is 3.00 bits per heavy atom. The second kappa shape index (κ2) is 7.71. The summed E-state index contributed by atoms with van der Waals surface area (Å²) in [4.78, 5) is 25.5. The van der Waals surface area contributed by atoms with Crippen molar-refractivity contribution in [2.24, 2.45) is 5.92 Å². The summed E-state index contributed by atoms with van der Waals surface area (Å²) in [5.74, 6) is 0.284. The number of rotatable bonds is 6. The first-order valence-electron chi connectivity index (χ1n) is 6.47. The van der Waals surface area contributed by atoms with Gasteiger partial charge in [0.2, 0.25) is 0 Å². The van der Waals surface area contributed by atoms with E-state index in [0.29, 0.717) is 22.6 Å². The van der Waals surface area contributed by atoms with Gasteiger partial charge < -0.3 is 9.84 Å². The summed E-state index contributed by atoms with van der Waals surface area (Å²) in [6, 6.07) is 0. The standard InChI is InChI=1S/C11H17N2O5P3/c1-6-2-9(18-8(6)5-19-21-20-17)13-3-7(4-14)10(15)12-11(13)16/h3,6,8-9,14,19,21H,2,4-5H2,1H3,(H,12,15,16)/t6?,8-,9-/m1/s1. The van der Waals surface area contributed by atoms with E-state index in [1.165, 1.54) is 10.8 Å². The maximum Gasteiger partial charge on any atom is 0.330 e. The van der Waals surface area contributed by atoms with E-state index in [1.54, 1.807) is 0 Å². The van der Waals surface area contributed by atoms with Crippen molar-refractivity contribution in [3.05, 3.63) is 32.6 Å². The SMILES string of the molecule is CC1C[C@H](n2cc(CO)c(=O)[nH]c2=O)O[C@@H]1CPPP=O. The minimum atomic E-state index is -0.571. The lowest BCUT2D eigenvalue weighted by molar-refractivity contribution is 0.00488. The van der Waals surface area contributed by atoms with Crippen LogP contribution in [-0.4, -0.2) is 26.9 Å². The number of H-pyrrole nitrogens is 1. The van der Waals surface area contributed by atoms with Crippen LogP contribution in [0, 0.1) is 5.92 Å². The molecule has 0 spiro atoms. The maximum absolute atomic E-state index is 11.9. The second-order valence-electron chi connectivity index (χ2n) is 4.91. The first-order valence-corrected chi connectivity index (χ1v) is 11.3. The number of aliphatic hydroxyl groups excluding tert-OH is 1. The summed E-state index contributed by atoms with van der Waals surface area (Å²) < 4.78 is 17.7. The van der Waals surface area contributed by atoms with Gasteiger partial charge in [0.25, 0.3) is 5.56 Å². The topological polar surface area (TPSA) is 101 Å². The van der Waals surface area contributed by atoms with Gasteiger partial charge in [0.05, 0.1) is 18.3 Å². The fourth-order valence-electron chi connectivity index (χ4n) is 2.32. The molecule has 21 heavy (non-hydrogen) atoms. The fraction of sp³-hybridized carbons (Fsp3) is 0.636. The minimum Gasteiger partial charge on any atom is -0.391 e. The summed E-state index contributed by atoms with van der Waals surface area (Å²) in [7, 11) is 1.16. The molecule has 2 rings (SSSR count). The van der Waals surface area contributed by atoms with Crippen LogP contribution in [0.5, 0.6) is 0 Å². The first-order chi connectivity index (χ1) is 10.1. The second-order valence-corrected chi connectivity index (χ2v) is 10.4. The van der Waals surface area contributed by atoms with Crippen LogP contribution in [-0.2, 0) is 15.9 Å². The van der Waals surface area contributed by atoms with Gasteiger partial charge >= 0.3 is 5.69 Å². The largest absolute Gasteiger partial charge is 0.391 e. The fourth-order valence-corrected chi connectivity index (χ4v) is 5.65. The van der Waals surface area contributed by atoms with Crippen LogP contribution >= 0.6 is 24.4 Å². The molecule has 0 aliphatic carbocycles. The van der Waals surface area contributed by atoms with Crippen molar-refractivity contribution in [2.75, 3.05) is 6.16 Å². The Kier molecular flexibility index (Phi) is 6.21. The van der Waals surface area contributed by atoms with Crippen LogP contribution in [0.2, 0.25) is 0 Å². The molecular weight excluding hydrogens is 333 g/mol. The van der Waals surface area contributed by atoms with Gasteiger partial charge in [0, 0.05) is 6.20 Å². The third-order valence-electron chi connectivity index (χ3n) is 3.49. The molecule has 1 aromatic rings. The lowest BCUT2D eigenvalue weighted by atomic mass is 10.1. The van der Waals surface area contributed by atoms with Crippen molar-refractivity contribution in [3.8, 4) is 0 Å². The van der Waals surface area contributed by atoms with Crippen molar-refractivity contribution in [1.82, 2.24) is 9.55 Å².